The van der Waals surface area contributed by atoms with Gasteiger partial charge in [-0.05, 0) is 25.1 Å². The molecule has 1 heterocycles. The molecule has 0 amide bonds. The zero-order valence-corrected chi connectivity index (χ0v) is 9.41. The van der Waals surface area contributed by atoms with Crippen molar-refractivity contribution >= 4 is 5.97 Å². The van der Waals surface area contributed by atoms with Gasteiger partial charge in [-0.15, -0.1) is 10.2 Å². The number of hydrogen-bond acceptors (Lipinski definition) is 4. The zero-order chi connectivity index (χ0) is 12.4. The summed E-state index contributed by atoms with van der Waals surface area (Å²) < 4.78 is 6.69. The molecule has 6 heteroatoms. The van der Waals surface area contributed by atoms with E-state index in [1.54, 1.807) is 23.6 Å². The molecule has 0 aliphatic rings. The molecular weight excluding hydrogens is 222 g/mol. The lowest BCUT2D eigenvalue weighted by Crippen LogP contribution is -2.03. The van der Waals surface area contributed by atoms with Crippen molar-refractivity contribution in [3.05, 3.63) is 35.9 Å². The van der Waals surface area contributed by atoms with Gasteiger partial charge in [-0.3, -0.25) is 4.57 Å². The SMILES string of the molecule is COc1ccc(-n2cnnc2C)cc1C(=O)O. The Hall–Kier alpha value is -2.37. The second-order valence-corrected chi connectivity index (χ2v) is 3.44. The molecule has 17 heavy (non-hydrogen) atoms. The van der Waals surface area contributed by atoms with Crippen LogP contribution >= 0.6 is 0 Å². The number of aromatic nitrogens is 3. The van der Waals surface area contributed by atoms with Gasteiger partial charge < -0.3 is 9.84 Å². The molecule has 0 saturated heterocycles. The summed E-state index contributed by atoms with van der Waals surface area (Å²) in [6.45, 7) is 1.79. The lowest BCUT2D eigenvalue weighted by atomic mass is 10.1. The number of methoxy groups -OCH3 is 1. The van der Waals surface area contributed by atoms with Crippen LogP contribution in [0.1, 0.15) is 16.2 Å². The first kappa shape index (κ1) is 11.1. The highest BCUT2D eigenvalue weighted by Crippen LogP contribution is 2.22. The Morgan fingerprint density at radius 3 is 2.76 bits per heavy atom. The number of carboxylic acid groups (broad SMARTS) is 1. The predicted octanol–water partition coefficient (Wildman–Crippen LogP) is 1.28. The summed E-state index contributed by atoms with van der Waals surface area (Å²) in [4.78, 5) is 11.1. The predicted molar refractivity (Wildman–Crippen MR) is 59.6 cm³/mol. The summed E-state index contributed by atoms with van der Waals surface area (Å²) in [5.74, 6) is -0.0205. The topological polar surface area (TPSA) is 77.2 Å². The zero-order valence-electron chi connectivity index (χ0n) is 9.41. The molecule has 0 bridgehead atoms. The van der Waals surface area contributed by atoms with E-state index in [0.717, 1.165) is 0 Å². The van der Waals surface area contributed by atoms with Gasteiger partial charge in [-0.2, -0.15) is 0 Å². The molecular formula is C11H11N3O3. The van der Waals surface area contributed by atoms with Crippen LogP contribution in [0.5, 0.6) is 5.75 Å². The molecule has 2 aromatic rings. The molecule has 0 aliphatic heterocycles. The van der Waals surface area contributed by atoms with Crippen LogP contribution in [0.3, 0.4) is 0 Å². The highest BCUT2D eigenvalue weighted by molar-refractivity contribution is 5.91. The summed E-state index contributed by atoms with van der Waals surface area (Å²) in [6, 6.07) is 4.89. The van der Waals surface area contributed by atoms with E-state index in [1.807, 2.05) is 0 Å². The highest BCUT2D eigenvalue weighted by Gasteiger charge is 2.13. The van der Waals surface area contributed by atoms with Gasteiger partial charge in [0.15, 0.2) is 0 Å². The second kappa shape index (κ2) is 4.25. The first-order valence-corrected chi connectivity index (χ1v) is 4.92. The van der Waals surface area contributed by atoms with Gasteiger partial charge in [0.05, 0.1) is 7.11 Å². The molecule has 1 aromatic heterocycles. The number of ether oxygens (including phenoxy) is 1. The fraction of sp³-hybridized carbons (Fsp3) is 0.182. The fourth-order valence-corrected chi connectivity index (χ4v) is 1.56. The van der Waals surface area contributed by atoms with Crippen LogP contribution in [0.4, 0.5) is 0 Å². The standard InChI is InChI=1S/C11H11N3O3/c1-7-13-12-6-14(7)8-3-4-10(17-2)9(5-8)11(15)16/h3-6H,1-2H3,(H,15,16). The molecule has 1 aromatic carbocycles. The Balaban J connectivity index is 2.55. The van der Waals surface area contributed by atoms with Crippen molar-refractivity contribution in [3.63, 3.8) is 0 Å². The molecule has 0 fully saturated rings. The maximum absolute atomic E-state index is 11.1. The van der Waals surface area contributed by atoms with E-state index in [-0.39, 0.29) is 5.56 Å². The maximum atomic E-state index is 11.1. The highest BCUT2D eigenvalue weighted by atomic mass is 16.5. The van der Waals surface area contributed by atoms with Crippen LogP contribution in [-0.4, -0.2) is 33.0 Å². The van der Waals surface area contributed by atoms with Gasteiger partial charge in [0.2, 0.25) is 0 Å². The van der Waals surface area contributed by atoms with Gasteiger partial charge >= 0.3 is 5.97 Å². The minimum Gasteiger partial charge on any atom is -0.496 e. The molecule has 0 spiro atoms. The van der Waals surface area contributed by atoms with Gasteiger partial charge in [0, 0.05) is 5.69 Å². The molecule has 88 valence electrons. The summed E-state index contributed by atoms with van der Waals surface area (Å²) in [6.07, 6.45) is 1.53. The molecule has 0 aliphatic carbocycles. The van der Waals surface area contributed by atoms with Crippen LogP contribution in [0.15, 0.2) is 24.5 Å². The van der Waals surface area contributed by atoms with Gasteiger partial charge in [-0.1, -0.05) is 0 Å². The Morgan fingerprint density at radius 2 is 2.24 bits per heavy atom. The van der Waals surface area contributed by atoms with Crippen molar-refractivity contribution in [2.45, 2.75) is 6.92 Å². The molecule has 0 atom stereocenters. The minimum atomic E-state index is -1.03. The Labute approximate surface area is 97.5 Å². The minimum absolute atomic E-state index is 0.109. The fourth-order valence-electron chi connectivity index (χ4n) is 1.56. The van der Waals surface area contributed by atoms with Gasteiger partial charge in [0.1, 0.15) is 23.5 Å². The number of carbonyl (C=O) groups is 1. The Morgan fingerprint density at radius 1 is 1.47 bits per heavy atom. The molecule has 0 unspecified atom stereocenters. The first-order chi connectivity index (χ1) is 8.13. The van der Waals surface area contributed by atoms with Crippen LogP contribution < -0.4 is 4.74 Å². The van der Waals surface area contributed by atoms with Gasteiger partial charge in [-0.25, -0.2) is 4.79 Å². The lowest BCUT2D eigenvalue weighted by molar-refractivity contribution is 0.0693. The third-order valence-corrected chi connectivity index (χ3v) is 2.41. The van der Waals surface area contributed by atoms with Crippen molar-refractivity contribution < 1.29 is 14.6 Å². The molecule has 0 radical (unpaired) electrons. The summed E-state index contributed by atoms with van der Waals surface area (Å²) in [5, 5.41) is 16.7. The normalized spacial score (nSPS) is 10.2. The number of nitrogens with zero attached hydrogens (tertiary/aromatic N) is 3. The van der Waals surface area contributed by atoms with E-state index in [1.165, 1.54) is 19.5 Å². The third kappa shape index (κ3) is 1.96. The van der Waals surface area contributed by atoms with Crippen LogP contribution in [0.25, 0.3) is 5.69 Å². The Kier molecular flexibility index (Phi) is 2.78. The quantitative estimate of drug-likeness (QED) is 0.864. The smallest absolute Gasteiger partial charge is 0.339 e. The van der Waals surface area contributed by atoms with E-state index in [0.29, 0.717) is 17.3 Å². The maximum Gasteiger partial charge on any atom is 0.339 e. The average Bonchev–Trinajstić information content (AvgIpc) is 2.74. The van der Waals surface area contributed by atoms with Crippen LogP contribution in [0, 0.1) is 6.92 Å². The number of aryl methyl sites for hydroxylation is 1. The average molecular weight is 233 g/mol. The largest absolute Gasteiger partial charge is 0.496 e. The number of carboxylic acids is 1. The van der Waals surface area contributed by atoms with Crippen molar-refractivity contribution in [1.29, 1.82) is 0 Å². The van der Waals surface area contributed by atoms with Crippen molar-refractivity contribution in [2.24, 2.45) is 0 Å². The Bertz CT molecular complexity index is 563. The molecule has 2 rings (SSSR count). The summed E-state index contributed by atoms with van der Waals surface area (Å²) >= 11 is 0. The van der Waals surface area contributed by atoms with Gasteiger partial charge in [0.25, 0.3) is 0 Å². The molecule has 1 N–H and O–H groups in total. The van der Waals surface area contributed by atoms with E-state index in [9.17, 15) is 4.79 Å². The first-order valence-electron chi connectivity index (χ1n) is 4.92. The van der Waals surface area contributed by atoms with Crippen molar-refractivity contribution in [2.75, 3.05) is 7.11 Å². The molecule has 6 nitrogen and oxygen atoms in total. The number of benzene rings is 1. The van der Waals surface area contributed by atoms with Crippen LogP contribution in [0.2, 0.25) is 0 Å². The summed E-state index contributed by atoms with van der Waals surface area (Å²) in [5.41, 5.74) is 0.795. The summed E-state index contributed by atoms with van der Waals surface area (Å²) in [7, 11) is 1.44. The van der Waals surface area contributed by atoms with E-state index in [4.69, 9.17) is 9.84 Å². The number of hydrogen-bond donors (Lipinski definition) is 1. The molecule has 0 saturated carbocycles. The van der Waals surface area contributed by atoms with Crippen molar-refractivity contribution in [3.8, 4) is 11.4 Å². The van der Waals surface area contributed by atoms with E-state index >= 15 is 0 Å². The monoisotopic (exact) mass is 233 g/mol. The third-order valence-electron chi connectivity index (χ3n) is 2.41. The number of rotatable bonds is 3. The van der Waals surface area contributed by atoms with E-state index < -0.39 is 5.97 Å². The second-order valence-electron chi connectivity index (χ2n) is 3.44. The number of aromatic carboxylic acids is 1. The lowest BCUT2D eigenvalue weighted by Gasteiger charge is -2.08. The van der Waals surface area contributed by atoms with E-state index in [2.05, 4.69) is 10.2 Å². The van der Waals surface area contributed by atoms with Crippen molar-refractivity contribution in [1.82, 2.24) is 14.8 Å². The van der Waals surface area contributed by atoms with Crippen LogP contribution in [-0.2, 0) is 0 Å².